The summed E-state index contributed by atoms with van der Waals surface area (Å²) in [5.41, 5.74) is 1.08. The molecule has 0 fully saturated rings. The van der Waals surface area contributed by atoms with Gasteiger partial charge in [0.15, 0.2) is 23.1 Å². The number of thioether (sulfide) groups is 1. The number of aromatic nitrogens is 3. The molecule has 0 saturated heterocycles. The third-order valence-corrected chi connectivity index (χ3v) is 4.57. The van der Waals surface area contributed by atoms with E-state index < -0.39 is 0 Å². The highest BCUT2D eigenvalue weighted by molar-refractivity contribution is 7.99. The SMILES string of the molecule is O=C(CSc1n[nH]c(-c2ccco2)n1)NCCc1ccc2c(c1)OCO2. The lowest BCUT2D eigenvalue weighted by Gasteiger charge is -2.05. The number of hydrogen-bond donors (Lipinski definition) is 2. The van der Waals surface area contributed by atoms with Crippen molar-refractivity contribution in [2.75, 3.05) is 19.1 Å². The van der Waals surface area contributed by atoms with Gasteiger partial charge in [-0.3, -0.25) is 9.89 Å². The predicted molar refractivity (Wildman–Crippen MR) is 94.1 cm³/mol. The zero-order valence-corrected chi connectivity index (χ0v) is 14.5. The average Bonchev–Trinajstić information content (AvgIpc) is 3.39. The third-order valence-electron chi connectivity index (χ3n) is 3.72. The van der Waals surface area contributed by atoms with E-state index in [0.717, 1.165) is 23.5 Å². The number of rotatable bonds is 7. The summed E-state index contributed by atoms with van der Waals surface area (Å²) in [6.45, 7) is 0.806. The first-order valence-corrected chi connectivity index (χ1v) is 9.01. The van der Waals surface area contributed by atoms with Crippen molar-refractivity contribution < 1.29 is 18.7 Å². The van der Waals surface area contributed by atoms with Crippen molar-refractivity contribution >= 4 is 17.7 Å². The molecule has 0 bridgehead atoms. The number of amides is 1. The molecule has 3 heterocycles. The second kappa shape index (κ2) is 7.52. The highest BCUT2D eigenvalue weighted by atomic mass is 32.2. The van der Waals surface area contributed by atoms with Crippen LogP contribution in [-0.2, 0) is 11.2 Å². The Morgan fingerprint density at radius 3 is 3.08 bits per heavy atom. The van der Waals surface area contributed by atoms with Crippen LogP contribution in [0.3, 0.4) is 0 Å². The number of ether oxygens (including phenoxy) is 2. The van der Waals surface area contributed by atoms with E-state index in [1.807, 2.05) is 18.2 Å². The van der Waals surface area contributed by atoms with E-state index in [1.54, 1.807) is 18.4 Å². The van der Waals surface area contributed by atoms with Crippen LogP contribution < -0.4 is 14.8 Å². The third kappa shape index (κ3) is 3.83. The molecule has 1 aliphatic heterocycles. The average molecular weight is 372 g/mol. The molecule has 8 nitrogen and oxygen atoms in total. The van der Waals surface area contributed by atoms with Crippen molar-refractivity contribution in [1.82, 2.24) is 20.5 Å². The minimum Gasteiger partial charge on any atom is -0.461 e. The van der Waals surface area contributed by atoms with E-state index in [9.17, 15) is 4.79 Å². The molecule has 2 N–H and O–H groups in total. The second-order valence-electron chi connectivity index (χ2n) is 5.52. The fraction of sp³-hybridized carbons (Fsp3) is 0.235. The minimum atomic E-state index is -0.0694. The summed E-state index contributed by atoms with van der Waals surface area (Å²) in [6, 6.07) is 9.36. The summed E-state index contributed by atoms with van der Waals surface area (Å²) >= 11 is 1.27. The molecule has 0 unspecified atom stereocenters. The summed E-state index contributed by atoms with van der Waals surface area (Å²) < 4.78 is 15.9. The largest absolute Gasteiger partial charge is 0.461 e. The Labute approximate surface area is 153 Å². The van der Waals surface area contributed by atoms with Gasteiger partial charge in [-0.15, -0.1) is 5.10 Å². The lowest BCUT2D eigenvalue weighted by molar-refractivity contribution is -0.118. The zero-order chi connectivity index (χ0) is 17.8. The monoisotopic (exact) mass is 372 g/mol. The van der Waals surface area contributed by atoms with E-state index in [0.29, 0.717) is 23.3 Å². The van der Waals surface area contributed by atoms with Gasteiger partial charge in [0.05, 0.1) is 12.0 Å². The molecule has 1 amide bonds. The highest BCUT2D eigenvalue weighted by Gasteiger charge is 2.13. The van der Waals surface area contributed by atoms with E-state index in [4.69, 9.17) is 13.9 Å². The number of nitrogens with one attached hydrogen (secondary N) is 2. The number of nitrogens with zero attached hydrogens (tertiary/aromatic N) is 2. The maximum absolute atomic E-state index is 12.0. The molecule has 134 valence electrons. The molecule has 0 atom stereocenters. The molecule has 9 heteroatoms. The summed E-state index contributed by atoms with van der Waals surface area (Å²) in [4.78, 5) is 16.3. The van der Waals surface area contributed by atoms with Crippen molar-refractivity contribution in [2.24, 2.45) is 0 Å². The van der Waals surface area contributed by atoms with Crippen LogP contribution >= 0.6 is 11.8 Å². The number of benzene rings is 1. The van der Waals surface area contributed by atoms with Gasteiger partial charge >= 0.3 is 0 Å². The van der Waals surface area contributed by atoms with E-state index in [1.165, 1.54) is 11.8 Å². The summed E-state index contributed by atoms with van der Waals surface area (Å²) in [5, 5.41) is 10.2. The Morgan fingerprint density at radius 2 is 2.19 bits per heavy atom. The fourth-order valence-corrected chi connectivity index (χ4v) is 3.09. The number of fused-ring (bicyclic) bond motifs is 1. The molecule has 0 radical (unpaired) electrons. The quantitative estimate of drug-likeness (QED) is 0.613. The molecule has 0 aliphatic carbocycles. The summed E-state index contributed by atoms with van der Waals surface area (Å²) in [6.07, 6.45) is 2.29. The Balaban J connectivity index is 1.21. The van der Waals surface area contributed by atoms with Crippen molar-refractivity contribution in [3.05, 3.63) is 42.2 Å². The number of carbonyl (C=O) groups is 1. The predicted octanol–water partition coefficient (Wildman–Crippen LogP) is 2.24. The van der Waals surface area contributed by atoms with Crippen LogP contribution in [0.2, 0.25) is 0 Å². The van der Waals surface area contributed by atoms with Crippen LogP contribution in [0.4, 0.5) is 0 Å². The van der Waals surface area contributed by atoms with Gasteiger partial charge in [-0.2, -0.15) is 4.98 Å². The lowest BCUT2D eigenvalue weighted by atomic mass is 10.1. The van der Waals surface area contributed by atoms with Gasteiger partial charge in [-0.25, -0.2) is 0 Å². The molecule has 1 aromatic carbocycles. The first-order valence-electron chi connectivity index (χ1n) is 8.02. The van der Waals surface area contributed by atoms with E-state index in [2.05, 4.69) is 20.5 Å². The van der Waals surface area contributed by atoms with Crippen LogP contribution in [0.5, 0.6) is 11.5 Å². The summed E-state index contributed by atoms with van der Waals surface area (Å²) in [5.74, 6) is 2.84. The number of H-pyrrole nitrogens is 1. The van der Waals surface area contributed by atoms with Gasteiger partial charge in [0, 0.05) is 6.54 Å². The summed E-state index contributed by atoms with van der Waals surface area (Å²) in [7, 11) is 0. The van der Waals surface area contributed by atoms with Crippen molar-refractivity contribution in [3.8, 4) is 23.1 Å². The molecule has 26 heavy (non-hydrogen) atoms. The minimum absolute atomic E-state index is 0.0694. The van der Waals surface area contributed by atoms with Crippen LogP contribution in [0.1, 0.15) is 5.56 Å². The smallest absolute Gasteiger partial charge is 0.231 e. The van der Waals surface area contributed by atoms with E-state index >= 15 is 0 Å². The molecule has 4 rings (SSSR count). The van der Waals surface area contributed by atoms with Crippen molar-refractivity contribution in [3.63, 3.8) is 0 Å². The van der Waals surface area contributed by atoms with Crippen LogP contribution in [0.25, 0.3) is 11.6 Å². The van der Waals surface area contributed by atoms with Crippen LogP contribution in [-0.4, -0.2) is 40.2 Å². The molecule has 3 aromatic rings. The van der Waals surface area contributed by atoms with Crippen LogP contribution in [0.15, 0.2) is 46.2 Å². The van der Waals surface area contributed by atoms with Crippen LogP contribution in [0, 0.1) is 0 Å². The maximum Gasteiger partial charge on any atom is 0.231 e. The number of carbonyl (C=O) groups excluding carboxylic acids is 1. The maximum atomic E-state index is 12.0. The number of aromatic amines is 1. The van der Waals surface area contributed by atoms with Gasteiger partial charge in [0.1, 0.15) is 0 Å². The number of hydrogen-bond acceptors (Lipinski definition) is 7. The Bertz CT molecular complexity index is 894. The molecule has 1 aliphatic rings. The zero-order valence-electron chi connectivity index (χ0n) is 13.7. The molecule has 0 saturated carbocycles. The van der Waals surface area contributed by atoms with Gasteiger partial charge in [0.25, 0.3) is 0 Å². The molecule has 2 aromatic heterocycles. The molecular formula is C17H16N4O4S. The first kappa shape index (κ1) is 16.5. The second-order valence-corrected chi connectivity index (χ2v) is 6.46. The Kier molecular flexibility index (Phi) is 4.78. The fourth-order valence-electron chi connectivity index (χ4n) is 2.46. The van der Waals surface area contributed by atoms with E-state index in [-0.39, 0.29) is 18.5 Å². The topological polar surface area (TPSA) is 102 Å². The normalized spacial score (nSPS) is 12.3. The van der Waals surface area contributed by atoms with Gasteiger partial charge < -0.3 is 19.2 Å². The number of furan rings is 1. The van der Waals surface area contributed by atoms with Gasteiger partial charge in [-0.1, -0.05) is 17.8 Å². The Hall–Kier alpha value is -2.94. The Morgan fingerprint density at radius 1 is 1.27 bits per heavy atom. The molecular weight excluding hydrogens is 356 g/mol. The van der Waals surface area contributed by atoms with Gasteiger partial charge in [0.2, 0.25) is 17.9 Å². The standard InChI is InChI=1S/C17H16N4O4S/c22-15(9-26-17-19-16(20-21-17)13-2-1-7-23-13)18-6-5-11-3-4-12-14(8-11)25-10-24-12/h1-4,7-8H,5-6,9-10H2,(H,18,22)(H,19,20,21). The van der Waals surface area contributed by atoms with Crippen molar-refractivity contribution in [1.29, 1.82) is 0 Å². The van der Waals surface area contributed by atoms with Crippen molar-refractivity contribution in [2.45, 2.75) is 11.6 Å². The first-order chi connectivity index (χ1) is 12.8. The highest BCUT2D eigenvalue weighted by Crippen LogP contribution is 2.32. The van der Waals surface area contributed by atoms with Gasteiger partial charge in [-0.05, 0) is 36.2 Å². The molecule has 0 spiro atoms. The lowest BCUT2D eigenvalue weighted by Crippen LogP contribution is -2.27.